The zero-order chi connectivity index (χ0) is 22.2. The van der Waals surface area contributed by atoms with Gasteiger partial charge in [-0.1, -0.05) is 24.3 Å². The molecule has 5 nitrogen and oxygen atoms in total. The van der Waals surface area contributed by atoms with Crippen molar-refractivity contribution in [3.63, 3.8) is 0 Å². The van der Waals surface area contributed by atoms with Gasteiger partial charge in [0, 0.05) is 18.7 Å². The molecule has 2 aromatic carbocycles. The highest BCUT2D eigenvalue weighted by atomic mass is 16.5. The summed E-state index contributed by atoms with van der Waals surface area (Å²) in [5.74, 6) is 1.23. The topological polar surface area (TPSA) is 71.1 Å². The fourth-order valence-electron chi connectivity index (χ4n) is 4.81. The van der Waals surface area contributed by atoms with Gasteiger partial charge in [-0.3, -0.25) is 0 Å². The molecule has 0 saturated carbocycles. The molecule has 0 amide bonds. The van der Waals surface area contributed by atoms with Gasteiger partial charge < -0.3 is 14.4 Å². The van der Waals surface area contributed by atoms with Crippen molar-refractivity contribution in [2.24, 2.45) is 0 Å². The average molecular weight is 416 g/mol. The molecule has 1 aromatic heterocycles. The van der Waals surface area contributed by atoms with Crippen molar-refractivity contribution < 1.29 is 9.84 Å². The van der Waals surface area contributed by atoms with Crippen molar-refractivity contribution >= 4 is 0 Å². The molecule has 160 valence electrons. The zero-order valence-electron chi connectivity index (χ0n) is 18.6. The van der Waals surface area contributed by atoms with Crippen molar-refractivity contribution in [2.75, 3.05) is 0 Å². The fraction of sp³-hybridized carbons (Fsp3) is 0.385. The normalized spacial score (nSPS) is 17.9. The van der Waals surface area contributed by atoms with Crippen LogP contribution in [0.25, 0.3) is 11.4 Å². The number of nitrogens with zero attached hydrogens (tertiary/aromatic N) is 3. The van der Waals surface area contributed by atoms with E-state index in [4.69, 9.17) is 15.0 Å². The van der Waals surface area contributed by atoms with E-state index in [1.54, 1.807) is 6.07 Å². The first-order valence-corrected chi connectivity index (χ1v) is 10.7. The minimum atomic E-state index is -0.224. The molecule has 1 aliphatic rings. The summed E-state index contributed by atoms with van der Waals surface area (Å²) in [5.41, 5.74) is 3.01. The molecule has 2 heterocycles. The SMILES string of the molecule is CC1(C)CC(c2cn(Cc3ccc(C#N)cc3)c(-c3ccccc3O)n2)CC(C)(C)O1. The average Bonchev–Trinajstić information content (AvgIpc) is 3.10. The third kappa shape index (κ3) is 4.65. The molecule has 1 aliphatic heterocycles. The molecule has 0 bridgehead atoms. The Bertz CT molecular complexity index is 1100. The Kier molecular flexibility index (Phi) is 5.36. The minimum Gasteiger partial charge on any atom is -0.507 e. The van der Waals surface area contributed by atoms with E-state index in [1.807, 2.05) is 42.5 Å². The molecule has 3 aromatic rings. The molecule has 1 saturated heterocycles. The number of ether oxygens (including phenoxy) is 1. The molecule has 0 unspecified atom stereocenters. The van der Waals surface area contributed by atoms with E-state index in [0.717, 1.165) is 29.9 Å². The largest absolute Gasteiger partial charge is 0.507 e. The van der Waals surface area contributed by atoms with Gasteiger partial charge in [0.25, 0.3) is 0 Å². The predicted octanol–water partition coefficient (Wildman–Crippen LogP) is 5.63. The van der Waals surface area contributed by atoms with Crippen LogP contribution in [0.2, 0.25) is 0 Å². The summed E-state index contributed by atoms with van der Waals surface area (Å²) in [6, 6.07) is 17.1. The Morgan fingerprint density at radius 1 is 1.06 bits per heavy atom. The van der Waals surface area contributed by atoms with E-state index in [0.29, 0.717) is 17.7 Å². The Morgan fingerprint density at radius 3 is 2.32 bits per heavy atom. The lowest BCUT2D eigenvalue weighted by Gasteiger charge is -2.45. The molecule has 0 aliphatic carbocycles. The number of phenols is 1. The second-order valence-corrected chi connectivity index (χ2v) is 9.67. The number of rotatable bonds is 4. The summed E-state index contributed by atoms with van der Waals surface area (Å²) < 4.78 is 8.37. The van der Waals surface area contributed by atoms with E-state index in [2.05, 4.69) is 44.5 Å². The Hall–Kier alpha value is -3.10. The lowest BCUT2D eigenvalue weighted by Crippen LogP contribution is -2.44. The standard InChI is InChI=1S/C26H29N3O2/c1-25(2)13-20(14-26(3,4)31-25)22-17-29(16-19-11-9-18(15-27)10-12-19)24(28-22)21-7-5-6-8-23(21)30/h5-12,17,20,30H,13-14,16H2,1-4H3. The number of imidazole rings is 1. The van der Waals surface area contributed by atoms with Gasteiger partial charge >= 0.3 is 0 Å². The molecule has 0 spiro atoms. The summed E-state index contributed by atoms with van der Waals surface area (Å²) in [5, 5.41) is 19.6. The Balaban J connectivity index is 1.75. The van der Waals surface area contributed by atoms with E-state index < -0.39 is 0 Å². The highest BCUT2D eigenvalue weighted by Gasteiger charge is 2.40. The first-order chi connectivity index (χ1) is 14.7. The Morgan fingerprint density at radius 2 is 1.71 bits per heavy atom. The van der Waals surface area contributed by atoms with Crippen LogP contribution in [0.3, 0.4) is 0 Å². The summed E-state index contributed by atoms with van der Waals surface area (Å²) in [4.78, 5) is 5.02. The number of phenolic OH excluding ortho intramolecular Hbond substituents is 1. The van der Waals surface area contributed by atoms with E-state index >= 15 is 0 Å². The number of para-hydroxylation sites is 1. The van der Waals surface area contributed by atoms with E-state index in [1.165, 1.54) is 0 Å². The third-order valence-electron chi connectivity index (χ3n) is 5.82. The number of benzene rings is 2. The molecule has 5 heteroatoms. The molecule has 0 atom stereocenters. The highest BCUT2D eigenvalue weighted by Crippen LogP contribution is 2.43. The zero-order valence-corrected chi connectivity index (χ0v) is 18.6. The molecule has 1 N–H and O–H groups in total. The fourth-order valence-corrected chi connectivity index (χ4v) is 4.81. The molecule has 1 fully saturated rings. The number of aromatic nitrogens is 2. The lowest BCUT2D eigenvalue weighted by molar-refractivity contribution is -0.162. The van der Waals surface area contributed by atoms with Gasteiger partial charge in [-0.2, -0.15) is 5.26 Å². The van der Waals surface area contributed by atoms with Gasteiger partial charge in [0.1, 0.15) is 11.6 Å². The van der Waals surface area contributed by atoms with Gasteiger partial charge in [-0.05, 0) is 70.4 Å². The van der Waals surface area contributed by atoms with Crippen molar-refractivity contribution in [3.05, 3.63) is 71.5 Å². The van der Waals surface area contributed by atoms with E-state index in [9.17, 15) is 5.11 Å². The van der Waals surface area contributed by atoms with Crippen LogP contribution in [0, 0.1) is 11.3 Å². The minimum absolute atomic E-state index is 0.216. The highest BCUT2D eigenvalue weighted by molar-refractivity contribution is 5.64. The maximum Gasteiger partial charge on any atom is 0.144 e. The maximum absolute atomic E-state index is 10.5. The van der Waals surface area contributed by atoms with Crippen LogP contribution in [0.5, 0.6) is 5.75 Å². The van der Waals surface area contributed by atoms with Crippen molar-refractivity contribution in [3.8, 4) is 23.2 Å². The van der Waals surface area contributed by atoms with Gasteiger partial charge in [0.15, 0.2) is 0 Å². The second kappa shape index (κ2) is 7.86. The van der Waals surface area contributed by atoms with Crippen molar-refractivity contribution in [1.29, 1.82) is 5.26 Å². The van der Waals surface area contributed by atoms with Gasteiger partial charge in [-0.15, -0.1) is 0 Å². The van der Waals surface area contributed by atoms with Crippen molar-refractivity contribution in [1.82, 2.24) is 9.55 Å². The first-order valence-electron chi connectivity index (χ1n) is 10.7. The summed E-state index contributed by atoms with van der Waals surface area (Å²) in [6.45, 7) is 9.16. The van der Waals surface area contributed by atoms with Gasteiger partial charge in [0.2, 0.25) is 0 Å². The van der Waals surface area contributed by atoms with Crippen LogP contribution < -0.4 is 0 Å². The monoisotopic (exact) mass is 415 g/mol. The number of nitriles is 1. The molecule has 31 heavy (non-hydrogen) atoms. The van der Waals surface area contributed by atoms with Gasteiger partial charge in [-0.25, -0.2) is 4.98 Å². The van der Waals surface area contributed by atoms with Crippen LogP contribution in [0.1, 0.15) is 63.3 Å². The summed E-state index contributed by atoms with van der Waals surface area (Å²) >= 11 is 0. The number of hydrogen-bond donors (Lipinski definition) is 1. The smallest absolute Gasteiger partial charge is 0.144 e. The summed E-state index contributed by atoms with van der Waals surface area (Å²) in [7, 11) is 0. The van der Waals surface area contributed by atoms with E-state index in [-0.39, 0.29) is 22.9 Å². The third-order valence-corrected chi connectivity index (χ3v) is 5.82. The lowest BCUT2D eigenvalue weighted by atomic mass is 9.79. The number of hydrogen-bond acceptors (Lipinski definition) is 4. The van der Waals surface area contributed by atoms with Crippen LogP contribution in [0.4, 0.5) is 0 Å². The number of aromatic hydroxyl groups is 1. The van der Waals surface area contributed by atoms with Crippen LogP contribution in [-0.4, -0.2) is 25.9 Å². The first kappa shape index (κ1) is 21.1. The molecular formula is C26H29N3O2. The predicted molar refractivity (Wildman–Crippen MR) is 121 cm³/mol. The molecule has 4 rings (SSSR count). The van der Waals surface area contributed by atoms with Gasteiger partial charge in [0.05, 0.1) is 34.1 Å². The maximum atomic E-state index is 10.5. The van der Waals surface area contributed by atoms with Crippen LogP contribution >= 0.6 is 0 Å². The van der Waals surface area contributed by atoms with Crippen LogP contribution in [0.15, 0.2) is 54.7 Å². The molecule has 0 radical (unpaired) electrons. The summed E-state index contributed by atoms with van der Waals surface area (Å²) in [6.07, 6.45) is 3.90. The molecular weight excluding hydrogens is 386 g/mol. The quantitative estimate of drug-likeness (QED) is 0.600. The Labute approximate surface area is 183 Å². The van der Waals surface area contributed by atoms with Crippen LogP contribution in [-0.2, 0) is 11.3 Å². The van der Waals surface area contributed by atoms with Crippen molar-refractivity contribution in [2.45, 2.75) is 64.2 Å². The second-order valence-electron chi connectivity index (χ2n) is 9.67.